The molecule has 8 heteroatoms. The van der Waals surface area contributed by atoms with Crippen LogP contribution in [0.3, 0.4) is 0 Å². The maximum absolute atomic E-state index is 11.3. The lowest BCUT2D eigenvalue weighted by Gasteiger charge is -2.26. The molecule has 4 rings (SSSR count). The molecule has 3 aromatic rings. The van der Waals surface area contributed by atoms with Crippen LogP contribution in [0.4, 0.5) is 5.69 Å². The number of nitro benzene ring substituents is 1. The molecule has 2 heterocycles. The van der Waals surface area contributed by atoms with E-state index < -0.39 is 0 Å². The molecule has 7 nitrogen and oxygen atoms in total. The molecular weight excluding hydrogens is 398 g/mol. The molecular formula is C22H25N5O2S. The number of thioether (sulfide) groups is 1. The standard InChI is InChI=1S/C22H25N5O2S/c28-27(29)20-12-6-5-11-19(20)17-30-22-24-23-21(16-25-13-7-2-8-14-25)26(22)15-18-9-3-1-4-10-18/h1,3-6,9-12H,2,7-8,13-17H2. The summed E-state index contributed by atoms with van der Waals surface area (Å²) in [5.41, 5.74) is 2.02. The quantitative estimate of drug-likeness (QED) is 0.301. The minimum absolute atomic E-state index is 0.146. The van der Waals surface area contributed by atoms with Crippen molar-refractivity contribution in [2.45, 2.75) is 43.3 Å². The van der Waals surface area contributed by atoms with Gasteiger partial charge in [-0.05, 0) is 31.5 Å². The number of likely N-dealkylation sites (tertiary alicyclic amines) is 1. The summed E-state index contributed by atoms with van der Waals surface area (Å²) in [4.78, 5) is 13.4. The van der Waals surface area contributed by atoms with E-state index in [1.54, 1.807) is 18.2 Å². The fraction of sp³-hybridized carbons (Fsp3) is 0.364. The van der Waals surface area contributed by atoms with Crippen LogP contribution in [-0.2, 0) is 18.8 Å². The Hall–Kier alpha value is -2.71. The Labute approximate surface area is 180 Å². The van der Waals surface area contributed by atoms with E-state index in [2.05, 4.69) is 31.8 Å². The van der Waals surface area contributed by atoms with Gasteiger partial charge in [0.05, 0.1) is 18.0 Å². The van der Waals surface area contributed by atoms with E-state index in [9.17, 15) is 10.1 Å². The summed E-state index contributed by atoms with van der Waals surface area (Å²) in [7, 11) is 0. The Balaban J connectivity index is 1.56. The number of benzene rings is 2. The molecule has 1 aliphatic rings. The van der Waals surface area contributed by atoms with Crippen LogP contribution in [0.2, 0.25) is 0 Å². The van der Waals surface area contributed by atoms with Crippen molar-refractivity contribution in [2.75, 3.05) is 13.1 Å². The van der Waals surface area contributed by atoms with Gasteiger partial charge in [-0.3, -0.25) is 15.0 Å². The lowest BCUT2D eigenvalue weighted by atomic mass is 10.1. The molecule has 0 aliphatic carbocycles. The SMILES string of the molecule is O=[N+]([O-])c1ccccc1CSc1nnc(CN2CCCCC2)n1Cc1ccccc1. The Morgan fingerprint density at radius 2 is 1.67 bits per heavy atom. The van der Waals surface area contributed by atoms with Crippen LogP contribution < -0.4 is 0 Å². The average molecular weight is 424 g/mol. The van der Waals surface area contributed by atoms with Gasteiger partial charge < -0.3 is 4.57 Å². The smallest absolute Gasteiger partial charge is 0.273 e. The molecule has 0 spiro atoms. The molecule has 0 radical (unpaired) electrons. The van der Waals surface area contributed by atoms with Gasteiger partial charge in [-0.2, -0.15) is 0 Å². The summed E-state index contributed by atoms with van der Waals surface area (Å²) in [6.07, 6.45) is 3.75. The Morgan fingerprint density at radius 1 is 0.933 bits per heavy atom. The summed E-state index contributed by atoms with van der Waals surface area (Å²) in [5.74, 6) is 1.43. The summed E-state index contributed by atoms with van der Waals surface area (Å²) in [6.45, 7) is 3.66. The second-order valence-electron chi connectivity index (χ2n) is 7.48. The first-order valence-corrected chi connectivity index (χ1v) is 11.2. The number of aromatic nitrogens is 3. The molecule has 0 unspecified atom stereocenters. The number of nitro groups is 1. The van der Waals surface area contributed by atoms with E-state index in [4.69, 9.17) is 0 Å². The van der Waals surface area contributed by atoms with Crippen molar-refractivity contribution in [2.24, 2.45) is 0 Å². The van der Waals surface area contributed by atoms with Crippen molar-refractivity contribution in [3.63, 3.8) is 0 Å². The molecule has 0 N–H and O–H groups in total. The maximum Gasteiger partial charge on any atom is 0.273 e. The summed E-state index contributed by atoms with van der Waals surface area (Å²) >= 11 is 1.50. The predicted molar refractivity (Wildman–Crippen MR) is 117 cm³/mol. The maximum atomic E-state index is 11.3. The van der Waals surface area contributed by atoms with E-state index in [0.717, 1.165) is 30.6 Å². The van der Waals surface area contributed by atoms with Crippen LogP contribution >= 0.6 is 11.8 Å². The number of nitrogens with zero attached hydrogens (tertiary/aromatic N) is 5. The van der Waals surface area contributed by atoms with E-state index in [-0.39, 0.29) is 10.6 Å². The molecule has 0 amide bonds. The number of piperidine rings is 1. The van der Waals surface area contributed by atoms with E-state index in [0.29, 0.717) is 17.9 Å². The number of hydrogen-bond acceptors (Lipinski definition) is 6. The zero-order valence-corrected chi connectivity index (χ0v) is 17.6. The second-order valence-corrected chi connectivity index (χ2v) is 8.42. The van der Waals surface area contributed by atoms with Crippen molar-refractivity contribution in [3.05, 3.63) is 81.7 Å². The average Bonchev–Trinajstić information content (AvgIpc) is 3.15. The third-order valence-corrected chi connectivity index (χ3v) is 6.35. The van der Waals surface area contributed by atoms with Gasteiger partial charge in [0.25, 0.3) is 5.69 Å². The van der Waals surface area contributed by atoms with Crippen molar-refractivity contribution < 1.29 is 4.92 Å². The molecule has 1 aliphatic heterocycles. The fourth-order valence-corrected chi connectivity index (χ4v) is 4.69. The third-order valence-electron chi connectivity index (χ3n) is 5.34. The Morgan fingerprint density at radius 3 is 2.43 bits per heavy atom. The minimum Gasteiger partial charge on any atom is -0.300 e. The van der Waals surface area contributed by atoms with Gasteiger partial charge in [-0.25, -0.2) is 0 Å². The van der Waals surface area contributed by atoms with Gasteiger partial charge in [0.15, 0.2) is 5.16 Å². The molecule has 1 saturated heterocycles. The van der Waals surface area contributed by atoms with Crippen molar-refractivity contribution in [1.29, 1.82) is 0 Å². The first-order chi connectivity index (χ1) is 14.7. The van der Waals surface area contributed by atoms with Crippen LogP contribution in [-0.4, -0.2) is 37.7 Å². The van der Waals surface area contributed by atoms with Gasteiger partial charge >= 0.3 is 0 Å². The van der Waals surface area contributed by atoms with Crippen LogP contribution in [0.25, 0.3) is 0 Å². The van der Waals surface area contributed by atoms with Gasteiger partial charge in [-0.1, -0.05) is 66.7 Å². The molecule has 30 heavy (non-hydrogen) atoms. The summed E-state index contributed by atoms with van der Waals surface area (Å²) in [5, 5.41) is 21.1. The highest BCUT2D eigenvalue weighted by Crippen LogP contribution is 2.28. The van der Waals surface area contributed by atoms with Crippen LogP contribution in [0.5, 0.6) is 0 Å². The summed E-state index contributed by atoms with van der Waals surface area (Å²) in [6, 6.07) is 17.1. The van der Waals surface area contributed by atoms with Gasteiger partial charge in [-0.15, -0.1) is 10.2 Å². The molecule has 1 aromatic heterocycles. The highest BCUT2D eigenvalue weighted by Gasteiger charge is 2.19. The molecule has 0 bridgehead atoms. The number of hydrogen-bond donors (Lipinski definition) is 0. The fourth-order valence-electron chi connectivity index (χ4n) is 3.74. The zero-order chi connectivity index (χ0) is 20.8. The largest absolute Gasteiger partial charge is 0.300 e. The molecule has 1 fully saturated rings. The second kappa shape index (κ2) is 9.86. The first-order valence-electron chi connectivity index (χ1n) is 10.2. The number of rotatable bonds is 8. The van der Waals surface area contributed by atoms with Gasteiger partial charge in [0.2, 0.25) is 0 Å². The first kappa shape index (κ1) is 20.6. The van der Waals surface area contributed by atoms with Crippen molar-refractivity contribution in [1.82, 2.24) is 19.7 Å². The van der Waals surface area contributed by atoms with Gasteiger partial charge in [0.1, 0.15) is 5.82 Å². The number of para-hydroxylation sites is 1. The summed E-state index contributed by atoms with van der Waals surface area (Å²) < 4.78 is 2.16. The van der Waals surface area contributed by atoms with E-state index >= 15 is 0 Å². The zero-order valence-electron chi connectivity index (χ0n) is 16.8. The monoisotopic (exact) mass is 423 g/mol. The predicted octanol–water partition coefficient (Wildman–Crippen LogP) is 4.51. The minimum atomic E-state index is -0.327. The Bertz CT molecular complexity index is 986. The van der Waals surface area contributed by atoms with Crippen molar-refractivity contribution in [3.8, 4) is 0 Å². The molecule has 2 aromatic carbocycles. The third kappa shape index (κ3) is 5.06. The normalized spacial score (nSPS) is 14.7. The van der Waals surface area contributed by atoms with E-state index in [1.807, 2.05) is 24.3 Å². The van der Waals surface area contributed by atoms with Crippen LogP contribution in [0.15, 0.2) is 59.8 Å². The molecule has 0 atom stereocenters. The lowest BCUT2D eigenvalue weighted by molar-refractivity contribution is -0.385. The highest BCUT2D eigenvalue weighted by atomic mass is 32.2. The lowest BCUT2D eigenvalue weighted by Crippen LogP contribution is -2.30. The van der Waals surface area contributed by atoms with Crippen molar-refractivity contribution >= 4 is 17.4 Å². The molecule has 156 valence electrons. The van der Waals surface area contributed by atoms with Crippen LogP contribution in [0.1, 0.15) is 36.2 Å². The highest BCUT2D eigenvalue weighted by molar-refractivity contribution is 7.98. The Kier molecular flexibility index (Phi) is 6.76. The van der Waals surface area contributed by atoms with E-state index in [1.165, 1.54) is 36.6 Å². The molecule has 0 saturated carbocycles. The topological polar surface area (TPSA) is 77.1 Å². The van der Waals surface area contributed by atoms with Gasteiger partial charge in [0, 0.05) is 17.4 Å². The van der Waals surface area contributed by atoms with Crippen LogP contribution in [0, 0.1) is 10.1 Å².